The summed E-state index contributed by atoms with van der Waals surface area (Å²) in [6, 6.07) is 0. The van der Waals surface area contributed by atoms with Crippen LogP contribution in [0.3, 0.4) is 0 Å². The van der Waals surface area contributed by atoms with E-state index in [-0.39, 0.29) is 12.4 Å². The zero-order valence-electron chi connectivity index (χ0n) is 6.55. The summed E-state index contributed by atoms with van der Waals surface area (Å²) in [5, 5.41) is 8.67. The first-order valence-corrected chi connectivity index (χ1v) is 3.37. The molecule has 0 bridgehead atoms. The standard InChI is InChI=1S/C7H15NO2/c1-6(10)3-4-7(2,8)5-9/h9H,3-5,8H2,1-2H3. The fraction of sp³-hybridized carbons (Fsp3) is 0.857. The second kappa shape index (κ2) is 3.68. The van der Waals surface area contributed by atoms with E-state index in [0.29, 0.717) is 12.8 Å². The van der Waals surface area contributed by atoms with Crippen LogP contribution in [0.25, 0.3) is 0 Å². The Morgan fingerprint density at radius 3 is 2.50 bits per heavy atom. The molecule has 1 atom stereocenters. The van der Waals surface area contributed by atoms with Crippen molar-refractivity contribution < 1.29 is 9.90 Å². The predicted octanol–water partition coefficient (Wildman–Crippen LogP) is 0.0653. The highest BCUT2D eigenvalue weighted by atomic mass is 16.3. The van der Waals surface area contributed by atoms with E-state index < -0.39 is 5.54 Å². The monoisotopic (exact) mass is 145 g/mol. The number of hydrogen-bond donors (Lipinski definition) is 2. The molecule has 60 valence electrons. The van der Waals surface area contributed by atoms with Crippen LogP contribution in [0.4, 0.5) is 0 Å². The molecule has 0 fully saturated rings. The third-order valence-corrected chi connectivity index (χ3v) is 1.41. The average Bonchev–Trinajstić information content (AvgIpc) is 1.85. The molecule has 0 heterocycles. The number of nitrogens with two attached hydrogens (primary N) is 1. The zero-order valence-corrected chi connectivity index (χ0v) is 6.55. The van der Waals surface area contributed by atoms with E-state index in [1.54, 1.807) is 6.92 Å². The molecule has 0 amide bonds. The normalized spacial score (nSPS) is 16.4. The number of Topliss-reactive ketones (excluding diaryl/α,β-unsaturated/α-hetero) is 1. The summed E-state index contributed by atoms with van der Waals surface area (Å²) in [5.74, 6) is 0.116. The molecule has 0 aromatic heterocycles. The van der Waals surface area contributed by atoms with E-state index >= 15 is 0 Å². The Bertz CT molecular complexity index is 121. The van der Waals surface area contributed by atoms with Crippen LogP contribution in [0.1, 0.15) is 26.7 Å². The van der Waals surface area contributed by atoms with E-state index in [1.807, 2.05) is 0 Å². The van der Waals surface area contributed by atoms with Gasteiger partial charge in [0.05, 0.1) is 6.61 Å². The van der Waals surface area contributed by atoms with Crippen molar-refractivity contribution in [3.8, 4) is 0 Å². The molecule has 3 N–H and O–H groups in total. The number of aliphatic hydroxyl groups excluding tert-OH is 1. The van der Waals surface area contributed by atoms with Gasteiger partial charge in [0.25, 0.3) is 0 Å². The number of ketones is 1. The minimum absolute atomic E-state index is 0.0692. The minimum atomic E-state index is -0.592. The van der Waals surface area contributed by atoms with Crippen LogP contribution in [-0.4, -0.2) is 23.0 Å². The van der Waals surface area contributed by atoms with Crippen molar-refractivity contribution in [1.82, 2.24) is 0 Å². The van der Waals surface area contributed by atoms with Crippen LogP contribution in [-0.2, 0) is 4.79 Å². The van der Waals surface area contributed by atoms with Crippen LogP contribution < -0.4 is 5.73 Å². The largest absolute Gasteiger partial charge is 0.394 e. The first-order chi connectivity index (χ1) is 4.48. The second-order valence-electron chi connectivity index (χ2n) is 3.01. The van der Waals surface area contributed by atoms with E-state index in [0.717, 1.165) is 0 Å². The molecule has 0 saturated carbocycles. The summed E-state index contributed by atoms with van der Waals surface area (Å²) >= 11 is 0. The molecule has 0 spiro atoms. The predicted molar refractivity (Wildman–Crippen MR) is 39.6 cm³/mol. The molecule has 0 radical (unpaired) electrons. The van der Waals surface area contributed by atoms with Gasteiger partial charge in [-0.05, 0) is 20.3 Å². The van der Waals surface area contributed by atoms with Crippen LogP contribution in [0.15, 0.2) is 0 Å². The molecule has 10 heavy (non-hydrogen) atoms. The SMILES string of the molecule is CC(=O)CCC(C)(N)CO. The van der Waals surface area contributed by atoms with Crippen LogP contribution in [0.2, 0.25) is 0 Å². The van der Waals surface area contributed by atoms with Crippen molar-refractivity contribution in [2.75, 3.05) is 6.61 Å². The number of hydrogen-bond acceptors (Lipinski definition) is 3. The zero-order chi connectivity index (χ0) is 8.20. The Kier molecular flexibility index (Phi) is 3.53. The van der Waals surface area contributed by atoms with Crippen LogP contribution >= 0.6 is 0 Å². The Balaban J connectivity index is 3.56. The highest BCUT2D eigenvalue weighted by molar-refractivity contribution is 5.75. The number of carbonyl (C=O) groups excluding carboxylic acids is 1. The van der Waals surface area contributed by atoms with Gasteiger partial charge in [0.1, 0.15) is 5.78 Å². The van der Waals surface area contributed by atoms with Crippen molar-refractivity contribution in [3.05, 3.63) is 0 Å². The average molecular weight is 145 g/mol. The van der Waals surface area contributed by atoms with E-state index in [9.17, 15) is 4.79 Å². The van der Waals surface area contributed by atoms with Gasteiger partial charge in [-0.25, -0.2) is 0 Å². The molecule has 1 unspecified atom stereocenters. The molecular weight excluding hydrogens is 130 g/mol. The minimum Gasteiger partial charge on any atom is -0.394 e. The fourth-order valence-electron chi connectivity index (χ4n) is 0.541. The van der Waals surface area contributed by atoms with Gasteiger partial charge >= 0.3 is 0 Å². The Morgan fingerprint density at radius 1 is 1.70 bits per heavy atom. The van der Waals surface area contributed by atoms with Gasteiger partial charge in [-0.2, -0.15) is 0 Å². The van der Waals surface area contributed by atoms with Gasteiger partial charge in [0.2, 0.25) is 0 Å². The molecular formula is C7H15NO2. The second-order valence-corrected chi connectivity index (χ2v) is 3.01. The summed E-state index contributed by atoms with van der Waals surface area (Å²) in [6.45, 7) is 3.18. The van der Waals surface area contributed by atoms with Gasteiger partial charge in [-0.3, -0.25) is 0 Å². The van der Waals surface area contributed by atoms with Crippen molar-refractivity contribution in [1.29, 1.82) is 0 Å². The highest BCUT2D eigenvalue weighted by Gasteiger charge is 2.16. The van der Waals surface area contributed by atoms with E-state index in [2.05, 4.69) is 0 Å². The summed E-state index contributed by atoms with van der Waals surface area (Å²) < 4.78 is 0. The summed E-state index contributed by atoms with van der Waals surface area (Å²) in [5.41, 5.74) is 4.97. The van der Waals surface area contributed by atoms with Gasteiger partial charge in [0, 0.05) is 12.0 Å². The lowest BCUT2D eigenvalue weighted by Gasteiger charge is -2.20. The third kappa shape index (κ3) is 4.47. The molecule has 0 aromatic rings. The molecule has 0 aliphatic rings. The van der Waals surface area contributed by atoms with Crippen molar-refractivity contribution in [3.63, 3.8) is 0 Å². The maximum Gasteiger partial charge on any atom is 0.129 e. The quantitative estimate of drug-likeness (QED) is 0.588. The first-order valence-electron chi connectivity index (χ1n) is 3.37. The molecule has 0 aliphatic carbocycles. The lowest BCUT2D eigenvalue weighted by Crippen LogP contribution is -2.40. The van der Waals surface area contributed by atoms with Gasteiger partial charge in [-0.1, -0.05) is 0 Å². The summed E-state index contributed by atoms with van der Waals surface area (Å²) in [7, 11) is 0. The lowest BCUT2D eigenvalue weighted by molar-refractivity contribution is -0.117. The Labute approximate surface area is 61.2 Å². The Hall–Kier alpha value is -0.410. The molecule has 0 saturated heterocycles. The molecule has 3 nitrogen and oxygen atoms in total. The van der Waals surface area contributed by atoms with Crippen molar-refractivity contribution in [2.24, 2.45) is 5.73 Å². The maximum atomic E-state index is 10.5. The van der Waals surface area contributed by atoms with Crippen LogP contribution in [0, 0.1) is 0 Å². The molecule has 0 aliphatic heterocycles. The molecule has 0 rings (SSSR count). The lowest BCUT2D eigenvalue weighted by atomic mass is 9.97. The third-order valence-electron chi connectivity index (χ3n) is 1.41. The van der Waals surface area contributed by atoms with Crippen molar-refractivity contribution >= 4 is 5.78 Å². The fourth-order valence-corrected chi connectivity index (χ4v) is 0.541. The van der Waals surface area contributed by atoms with Crippen LogP contribution in [0.5, 0.6) is 0 Å². The van der Waals surface area contributed by atoms with E-state index in [1.165, 1.54) is 6.92 Å². The number of rotatable bonds is 4. The first kappa shape index (κ1) is 9.59. The van der Waals surface area contributed by atoms with Gasteiger partial charge < -0.3 is 15.6 Å². The van der Waals surface area contributed by atoms with Gasteiger partial charge in [-0.15, -0.1) is 0 Å². The Morgan fingerprint density at radius 2 is 2.20 bits per heavy atom. The van der Waals surface area contributed by atoms with Crippen molar-refractivity contribution in [2.45, 2.75) is 32.2 Å². The summed E-state index contributed by atoms with van der Waals surface area (Å²) in [6.07, 6.45) is 1.01. The van der Waals surface area contributed by atoms with Gasteiger partial charge in [0.15, 0.2) is 0 Å². The smallest absolute Gasteiger partial charge is 0.129 e. The highest BCUT2D eigenvalue weighted by Crippen LogP contribution is 2.07. The number of aliphatic hydroxyl groups is 1. The van der Waals surface area contributed by atoms with E-state index in [4.69, 9.17) is 10.8 Å². The molecule has 3 heteroatoms. The summed E-state index contributed by atoms with van der Waals surface area (Å²) in [4.78, 5) is 10.5. The number of carbonyl (C=O) groups is 1. The maximum absolute atomic E-state index is 10.5. The topological polar surface area (TPSA) is 63.3 Å². The molecule has 0 aromatic carbocycles.